The Morgan fingerprint density at radius 3 is 2.42 bits per heavy atom. The molecule has 2 atom stereocenters. The molecule has 0 aromatic heterocycles. The summed E-state index contributed by atoms with van der Waals surface area (Å²) < 4.78 is 0. The molecule has 114 valence electrons. The third kappa shape index (κ3) is 4.75. The maximum Gasteiger partial charge on any atom is 0.0159 e. The molecule has 1 N–H and O–H groups in total. The highest BCUT2D eigenvalue weighted by atomic mass is 15.2. The summed E-state index contributed by atoms with van der Waals surface area (Å²) in [5.74, 6) is 0.829. The van der Waals surface area contributed by atoms with Gasteiger partial charge in [-0.05, 0) is 64.0 Å². The second kappa shape index (κ2) is 7.64. The van der Waals surface area contributed by atoms with Crippen LogP contribution >= 0.6 is 0 Å². The van der Waals surface area contributed by atoms with Crippen LogP contribution < -0.4 is 5.32 Å². The number of rotatable bonds is 8. The summed E-state index contributed by atoms with van der Waals surface area (Å²) in [6.45, 7) is 17.8. The topological polar surface area (TPSA) is 15.3 Å². The first-order valence-corrected chi connectivity index (χ1v) is 8.39. The first kappa shape index (κ1) is 17.0. The molecule has 0 bridgehead atoms. The quantitative estimate of drug-likeness (QED) is 0.718. The summed E-state index contributed by atoms with van der Waals surface area (Å²) in [4.78, 5) is 2.67. The van der Waals surface area contributed by atoms with Crippen molar-refractivity contribution in [3.63, 3.8) is 0 Å². The van der Waals surface area contributed by atoms with Gasteiger partial charge in [-0.2, -0.15) is 0 Å². The van der Waals surface area contributed by atoms with Gasteiger partial charge in [0.1, 0.15) is 0 Å². The first-order valence-electron chi connectivity index (χ1n) is 8.39. The summed E-state index contributed by atoms with van der Waals surface area (Å²) >= 11 is 0. The molecule has 0 amide bonds. The van der Waals surface area contributed by atoms with Gasteiger partial charge in [-0.1, -0.05) is 27.7 Å². The van der Waals surface area contributed by atoms with Crippen LogP contribution in [0.3, 0.4) is 0 Å². The van der Waals surface area contributed by atoms with Crippen LogP contribution in [0.5, 0.6) is 0 Å². The molecule has 1 saturated carbocycles. The zero-order valence-electron chi connectivity index (χ0n) is 14.1. The summed E-state index contributed by atoms with van der Waals surface area (Å²) in [6, 6.07) is 1.38. The molecule has 0 saturated heterocycles. The lowest BCUT2D eigenvalue weighted by atomic mass is 9.84. The zero-order chi connectivity index (χ0) is 14.5. The third-order valence-electron chi connectivity index (χ3n) is 4.80. The smallest absolute Gasteiger partial charge is 0.0159 e. The average molecular weight is 268 g/mol. The minimum absolute atomic E-state index is 0.467. The van der Waals surface area contributed by atoms with Crippen molar-refractivity contribution in [3.8, 4) is 0 Å². The van der Waals surface area contributed by atoms with E-state index in [0.29, 0.717) is 17.5 Å². The number of hydrogen-bond acceptors (Lipinski definition) is 2. The molecule has 2 heteroatoms. The molecular formula is C17H36N2. The molecule has 1 fully saturated rings. The Hall–Kier alpha value is -0.0800. The summed E-state index contributed by atoms with van der Waals surface area (Å²) in [5, 5.41) is 3.83. The Balaban J connectivity index is 2.63. The van der Waals surface area contributed by atoms with Crippen LogP contribution in [0.2, 0.25) is 0 Å². The molecule has 0 aliphatic heterocycles. The van der Waals surface area contributed by atoms with Crippen molar-refractivity contribution in [3.05, 3.63) is 0 Å². The number of hydrogen-bond donors (Lipinski definition) is 1. The molecule has 19 heavy (non-hydrogen) atoms. The highest BCUT2D eigenvalue weighted by Gasteiger charge is 2.41. The molecule has 2 unspecified atom stereocenters. The lowest BCUT2D eigenvalue weighted by molar-refractivity contribution is 0.156. The fourth-order valence-electron chi connectivity index (χ4n) is 3.61. The van der Waals surface area contributed by atoms with Crippen LogP contribution in [0.4, 0.5) is 0 Å². The van der Waals surface area contributed by atoms with Gasteiger partial charge in [0.25, 0.3) is 0 Å². The lowest BCUT2D eigenvalue weighted by Gasteiger charge is -2.36. The van der Waals surface area contributed by atoms with E-state index >= 15 is 0 Å². The molecule has 1 rings (SSSR count). The van der Waals surface area contributed by atoms with Gasteiger partial charge >= 0.3 is 0 Å². The Morgan fingerprint density at radius 1 is 1.21 bits per heavy atom. The third-order valence-corrected chi connectivity index (χ3v) is 4.80. The van der Waals surface area contributed by atoms with E-state index in [0.717, 1.165) is 5.92 Å². The van der Waals surface area contributed by atoms with E-state index < -0.39 is 0 Å². The second-order valence-corrected chi connectivity index (χ2v) is 7.31. The molecule has 1 aliphatic rings. The second-order valence-electron chi connectivity index (χ2n) is 7.31. The van der Waals surface area contributed by atoms with Crippen molar-refractivity contribution in [2.24, 2.45) is 11.3 Å². The highest BCUT2D eigenvalue weighted by molar-refractivity contribution is 4.97. The van der Waals surface area contributed by atoms with Gasteiger partial charge in [0, 0.05) is 18.6 Å². The highest BCUT2D eigenvalue weighted by Crippen LogP contribution is 2.41. The number of nitrogens with zero attached hydrogens (tertiary/aromatic N) is 1. The standard InChI is InChI=1S/C17H36N2/c1-7-11-18-16-15(9-10-17(16,5)6)13-19(12-8-2)14(3)4/h14-16,18H,7-13H2,1-6H3. The van der Waals surface area contributed by atoms with Crippen molar-refractivity contribution in [1.29, 1.82) is 0 Å². The Labute approximate surface area is 121 Å². The van der Waals surface area contributed by atoms with Crippen LogP contribution in [-0.4, -0.2) is 36.6 Å². The molecular weight excluding hydrogens is 232 g/mol. The van der Waals surface area contributed by atoms with E-state index in [9.17, 15) is 0 Å². The molecule has 1 aliphatic carbocycles. The van der Waals surface area contributed by atoms with E-state index in [1.54, 1.807) is 0 Å². The zero-order valence-corrected chi connectivity index (χ0v) is 14.1. The fourth-order valence-corrected chi connectivity index (χ4v) is 3.61. The maximum atomic E-state index is 3.83. The molecule has 0 spiro atoms. The predicted molar refractivity (Wildman–Crippen MR) is 85.6 cm³/mol. The fraction of sp³-hybridized carbons (Fsp3) is 1.00. The van der Waals surface area contributed by atoms with Gasteiger partial charge in [0.05, 0.1) is 0 Å². The Morgan fingerprint density at radius 2 is 1.89 bits per heavy atom. The van der Waals surface area contributed by atoms with Gasteiger partial charge < -0.3 is 10.2 Å². The van der Waals surface area contributed by atoms with Crippen molar-refractivity contribution >= 4 is 0 Å². The van der Waals surface area contributed by atoms with Crippen molar-refractivity contribution in [2.45, 2.75) is 79.3 Å². The monoisotopic (exact) mass is 268 g/mol. The predicted octanol–water partition coefficient (Wildman–Crippen LogP) is 3.91. The largest absolute Gasteiger partial charge is 0.313 e. The van der Waals surface area contributed by atoms with Crippen LogP contribution in [0.25, 0.3) is 0 Å². The summed E-state index contributed by atoms with van der Waals surface area (Å²) in [7, 11) is 0. The van der Waals surface area contributed by atoms with E-state index in [2.05, 4.69) is 51.8 Å². The maximum absolute atomic E-state index is 3.83. The van der Waals surface area contributed by atoms with Gasteiger partial charge in [-0.3, -0.25) is 0 Å². The Kier molecular flexibility index (Phi) is 6.82. The lowest BCUT2D eigenvalue weighted by Crippen LogP contribution is -2.47. The molecule has 0 heterocycles. The van der Waals surface area contributed by atoms with Crippen LogP contribution in [0.1, 0.15) is 67.2 Å². The van der Waals surface area contributed by atoms with E-state index in [-0.39, 0.29) is 0 Å². The normalized spacial score (nSPS) is 26.5. The van der Waals surface area contributed by atoms with Crippen molar-refractivity contribution < 1.29 is 0 Å². The average Bonchev–Trinajstić information content (AvgIpc) is 2.61. The summed E-state index contributed by atoms with van der Waals surface area (Å²) in [6.07, 6.45) is 5.27. The molecule has 0 aromatic carbocycles. The van der Waals surface area contributed by atoms with Gasteiger partial charge in [0.2, 0.25) is 0 Å². The summed E-state index contributed by atoms with van der Waals surface area (Å²) in [5.41, 5.74) is 0.467. The van der Waals surface area contributed by atoms with E-state index in [1.807, 2.05) is 0 Å². The van der Waals surface area contributed by atoms with Crippen LogP contribution in [0, 0.1) is 11.3 Å². The van der Waals surface area contributed by atoms with Gasteiger partial charge in [0.15, 0.2) is 0 Å². The number of nitrogens with one attached hydrogen (secondary N) is 1. The minimum atomic E-state index is 0.467. The van der Waals surface area contributed by atoms with Gasteiger partial charge in [-0.25, -0.2) is 0 Å². The van der Waals surface area contributed by atoms with Gasteiger partial charge in [-0.15, -0.1) is 0 Å². The van der Waals surface area contributed by atoms with Crippen molar-refractivity contribution in [1.82, 2.24) is 10.2 Å². The van der Waals surface area contributed by atoms with Crippen molar-refractivity contribution in [2.75, 3.05) is 19.6 Å². The minimum Gasteiger partial charge on any atom is -0.313 e. The molecule has 0 radical (unpaired) electrons. The molecule has 0 aromatic rings. The van der Waals surface area contributed by atoms with Crippen LogP contribution in [0.15, 0.2) is 0 Å². The van der Waals surface area contributed by atoms with Crippen LogP contribution in [-0.2, 0) is 0 Å². The van der Waals surface area contributed by atoms with E-state index in [1.165, 1.54) is 45.3 Å². The molecule has 2 nitrogen and oxygen atoms in total. The SMILES string of the molecule is CCCNC1C(CN(CCC)C(C)C)CCC1(C)C. The van der Waals surface area contributed by atoms with E-state index in [4.69, 9.17) is 0 Å². The first-order chi connectivity index (χ1) is 8.92. The Bertz CT molecular complexity index is 248.